The summed E-state index contributed by atoms with van der Waals surface area (Å²) < 4.78 is 25.9. The molecule has 0 spiro atoms. The zero-order valence-corrected chi connectivity index (χ0v) is 16.6. The van der Waals surface area contributed by atoms with Gasteiger partial charge < -0.3 is 0 Å². The number of aryl methyl sites for hydroxylation is 1. The first-order valence-electron chi connectivity index (χ1n) is 9.09. The highest BCUT2D eigenvalue weighted by atomic mass is 32.2. The van der Waals surface area contributed by atoms with Crippen LogP contribution in [0.15, 0.2) is 83.8 Å². The predicted molar refractivity (Wildman–Crippen MR) is 111 cm³/mol. The van der Waals surface area contributed by atoms with Gasteiger partial charge in [0.05, 0.1) is 21.9 Å². The molecular weight excluding hydrogens is 384 g/mol. The van der Waals surface area contributed by atoms with Crippen molar-refractivity contribution in [1.82, 2.24) is 9.97 Å². The van der Waals surface area contributed by atoms with Crippen molar-refractivity contribution in [2.24, 2.45) is 0 Å². The van der Waals surface area contributed by atoms with Crippen LogP contribution in [-0.4, -0.2) is 24.2 Å². The maximum absolute atomic E-state index is 13.0. The lowest BCUT2D eigenvalue weighted by atomic mass is 10.1. The molecule has 0 fully saturated rings. The van der Waals surface area contributed by atoms with Crippen LogP contribution < -0.4 is 0 Å². The smallest absolute Gasteiger partial charge is 0.230 e. The quantitative estimate of drug-likeness (QED) is 0.469. The molecule has 5 nitrogen and oxygen atoms in total. The maximum atomic E-state index is 13.0. The van der Waals surface area contributed by atoms with Crippen LogP contribution in [0.5, 0.6) is 0 Å². The number of sulfone groups is 1. The van der Waals surface area contributed by atoms with E-state index in [2.05, 4.69) is 9.97 Å². The van der Waals surface area contributed by atoms with Crippen molar-refractivity contribution in [3.63, 3.8) is 0 Å². The van der Waals surface area contributed by atoms with Gasteiger partial charge in [0.2, 0.25) is 11.6 Å². The van der Waals surface area contributed by atoms with Crippen molar-refractivity contribution in [1.29, 1.82) is 0 Å². The van der Waals surface area contributed by atoms with Crippen molar-refractivity contribution >= 4 is 26.5 Å². The highest BCUT2D eigenvalue weighted by Crippen LogP contribution is 2.22. The molecule has 0 radical (unpaired) electrons. The molecule has 144 valence electrons. The molecule has 0 N–H and O–H groups in total. The van der Waals surface area contributed by atoms with Gasteiger partial charge in [-0.1, -0.05) is 66.2 Å². The van der Waals surface area contributed by atoms with Gasteiger partial charge in [0.25, 0.3) is 0 Å². The van der Waals surface area contributed by atoms with Crippen LogP contribution in [0.3, 0.4) is 0 Å². The van der Waals surface area contributed by atoms with Gasteiger partial charge in [0, 0.05) is 10.9 Å². The van der Waals surface area contributed by atoms with E-state index in [1.54, 1.807) is 72.8 Å². The minimum Gasteiger partial charge on any atom is -0.285 e. The number of rotatable bonds is 5. The monoisotopic (exact) mass is 402 g/mol. The molecular formula is C23H18N2O3S. The fraction of sp³-hybridized carbons (Fsp3) is 0.0870. The predicted octanol–water partition coefficient (Wildman–Crippen LogP) is 4.14. The second-order valence-corrected chi connectivity index (χ2v) is 8.77. The van der Waals surface area contributed by atoms with Crippen LogP contribution in [-0.2, 0) is 15.6 Å². The molecule has 0 aliphatic carbocycles. The average Bonchev–Trinajstić information content (AvgIpc) is 2.74. The summed E-state index contributed by atoms with van der Waals surface area (Å²) in [6, 6.07) is 22.5. The molecule has 29 heavy (non-hydrogen) atoms. The van der Waals surface area contributed by atoms with Crippen LogP contribution >= 0.6 is 0 Å². The summed E-state index contributed by atoms with van der Waals surface area (Å²) in [5, 5.41) is 0.618. The summed E-state index contributed by atoms with van der Waals surface area (Å²) in [6.45, 7) is 1.90. The Morgan fingerprint density at radius 2 is 1.48 bits per heavy atom. The van der Waals surface area contributed by atoms with Gasteiger partial charge in [-0.15, -0.1) is 0 Å². The number of hydrogen-bond donors (Lipinski definition) is 0. The third kappa shape index (κ3) is 3.93. The van der Waals surface area contributed by atoms with Gasteiger partial charge in [-0.05, 0) is 25.1 Å². The first kappa shape index (κ1) is 19.0. The van der Waals surface area contributed by atoms with Gasteiger partial charge in [-0.3, -0.25) is 4.79 Å². The van der Waals surface area contributed by atoms with E-state index in [1.165, 1.54) is 0 Å². The Morgan fingerprint density at radius 3 is 2.21 bits per heavy atom. The lowest BCUT2D eigenvalue weighted by Gasteiger charge is -2.10. The van der Waals surface area contributed by atoms with Crippen LogP contribution in [0.25, 0.3) is 10.9 Å². The molecule has 0 bridgehead atoms. The SMILES string of the molecule is Cc1ccc(S(=O)(=O)Cc2nc(C(=O)c3ccccc3)nc3ccccc23)cc1. The number of nitrogens with zero attached hydrogens (tertiary/aromatic N) is 2. The number of aromatic nitrogens is 2. The summed E-state index contributed by atoms with van der Waals surface area (Å²) in [5.41, 5.74) is 2.29. The van der Waals surface area contributed by atoms with Gasteiger partial charge in [0.15, 0.2) is 9.84 Å². The molecule has 6 heteroatoms. The lowest BCUT2D eigenvalue weighted by molar-refractivity contribution is 0.102. The standard InChI is InChI=1S/C23H18N2O3S/c1-16-11-13-18(14-12-16)29(27,28)15-21-19-9-5-6-10-20(19)24-23(25-21)22(26)17-7-3-2-4-8-17/h2-14H,15H2,1H3. The zero-order valence-electron chi connectivity index (χ0n) is 15.7. The Hall–Kier alpha value is -3.38. The van der Waals surface area contributed by atoms with Crippen LogP contribution in [0.1, 0.15) is 27.4 Å². The van der Waals surface area contributed by atoms with Crippen molar-refractivity contribution in [2.45, 2.75) is 17.6 Å². The number of ketones is 1. The van der Waals surface area contributed by atoms with Gasteiger partial charge in [0.1, 0.15) is 0 Å². The van der Waals surface area contributed by atoms with Gasteiger partial charge >= 0.3 is 0 Å². The molecule has 0 unspecified atom stereocenters. The molecule has 0 aliphatic heterocycles. The molecule has 1 aromatic heterocycles. The third-order valence-electron chi connectivity index (χ3n) is 4.63. The van der Waals surface area contributed by atoms with Crippen molar-refractivity contribution in [3.05, 3.63) is 102 Å². The normalized spacial score (nSPS) is 11.5. The molecule has 0 saturated carbocycles. The molecule has 0 atom stereocenters. The van der Waals surface area contributed by atoms with E-state index in [1.807, 2.05) is 13.0 Å². The topological polar surface area (TPSA) is 77.0 Å². The van der Waals surface area contributed by atoms with Crippen molar-refractivity contribution in [2.75, 3.05) is 0 Å². The lowest BCUT2D eigenvalue weighted by Crippen LogP contribution is -2.13. The number of benzene rings is 3. The third-order valence-corrected chi connectivity index (χ3v) is 6.27. The van der Waals surface area contributed by atoms with Crippen LogP contribution in [0.2, 0.25) is 0 Å². The minimum atomic E-state index is -3.63. The van der Waals surface area contributed by atoms with E-state index < -0.39 is 9.84 Å². The van der Waals surface area contributed by atoms with E-state index in [0.717, 1.165) is 5.56 Å². The molecule has 0 aliphatic rings. The summed E-state index contributed by atoms with van der Waals surface area (Å²) >= 11 is 0. The Morgan fingerprint density at radius 1 is 0.828 bits per heavy atom. The van der Waals surface area contributed by atoms with Crippen LogP contribution in [0, 0.1) is 6.92 Å². The van der Waals surface area contributed by atoms with Crippen molar-refractivity contribution in [3.8, 4) is 0 Å². The second kappa shape index (κ2) is 7.56. The number of fused-ring (bicyclic) bond motifs is 1. The first-order chi connectivity index (χ1) is 13.9. The maximum Gasteiger partial charge on any atom is 0.230 e. The number of para-hydroxylation sites is 1. The summed E-state index contributed by atoms with van der Waals surface area (Å²) in [7, 11) is -3.63. The average molecular weight is 402 g/mol. The Bertz CT molecular complexity index is 1300. The van der Waals surface area contributed by atoms with E-state index in [-0.39, 0.29) is 22.3 Å². The van der Waals surface area contributed by atoms with E-state index >= 15 is 0 Å². The van der Waals surface area contributed by atoms with Crippen LogP contribution in [0.4, 0.5) is 0 Å². The van der Waals surface area contributed by atoms with Gasteiger partial charge in [-0.25, -0.2) is 18.4 Å². The van der Waals surface area contributed by atoms with E-state index in [0.29, 0.717) is 22.2 Å². The Labute approximate surface area is 169 Å². The molecule has 0 amide bonds. The fourth-order valence-electron chi connectivity index (χ4n) is 3.08. The van der Waals surface area contributed by atoms with E-state index in [4.69, 9.17) is 0 Å². The summed E-state index contributed by atoms with van der Waals surface area (Å²) in [6.07, 6.45) is 0. The number of hydrogen-bond acceptors (Lipinski definition) is 5. The van der Waals surface area contributed by atoms with Gasteiger partial charge in [-0.2, -0.15) is 0 Å². The first-order valence-corrected chi connectivity index (χ1v) is 10.7. The zero-order chi connectivity index (χ0) is 20.4. The Kier molecular flexibility index (Phi) is 4.94. The minimum absolute atomic E-state index is 0.0102. The number of carbonyl (C=O) groups is 1. The summed E-state index contributed by atoms with van der Waals surface area (Å²) in [4.78, 5) is 21.8. The summed E-state index contributed by atoms with van der Waals surface area (Å²) in [5.74, 6) is -0.664. The molecule has 0 saturated heterocycles. The highest BCUT2D eigenvalue weighted by molar-refractivity contribution is 7.90. The van der Waals surface area contributed by atoms with E-state index in [9.17, 15) is 13.2 Å². The fourth-order valence-corrected chi connectivity index (χ4v) is 4.38. The second-order valence-electron chi connectivity index (χ2n) is 6.78. The Balaban J connectivity index is 1.81. The molecule has 1 heterocycles. The largest absolute Gasteiger partial charge is 0.285 e. The molecule has 4 rings (SSSR count). The van der Waals surface area contributed by atoms with Crippen molar-refractivity contribution < 1.29 is 13.2 Å². The highest BCUT2D eigenvalue weighted by Gasteiger charge is 2.21. The molecule has 3 aromatic carbocycles. The molecule has 4 aromatic rings. The number of carbonyl (C=O) groups excluding carboxylic acids is 1.